The van der Waals surface area contributed by atoms with Crippen LogP contribution in [0.15, 0.2) is 49.2 Å². The quantitative estimate of drug-likeness (QED) is 0.445. The second kappa shape index (κ2) is 9.64. The molecule has 1 N–H and O–H groups in total. The maximum absolute atomic E-state index is 12.1. The maximum Gasteiger partial charge on any atom is 0.339 e. The summed E-state index contributed by atoms with van der Waals surface area (Å²) < 4.78 is 7.00. The van der Waals surface area contributed by atoms with E-state index in [1.807, 2.05) is 29.1 Å². The Kier molecular flexibility index (Phi) is 6.73. The smallest absolute Gasteiger partial charge is 0.339 e. The Morgan fingerprint density at radius 2 is 1.96 bits per heavy atom. The minimum Gasteiger partial charge on any atom is -0.462 e. The molecule has 0 fully saturated rings. The highest BCUT2D eigenvalue weighted by molar-refractivity contribution is 5.90. The molecule has 0 aliphatic carbocycles. The van der Waals surface area contributed by atoms with Crippen LogP contribution in [0.1, 0.15) is 43.5 Å². The Morgan fingerprint density at radius 1 is 1.14 bits per heavy atom. The van der Waals surface area contributed by atoms with Gasteiger partial charge in [0.05, 0.1) is 12.2 Å². The number of carbonyl (C=O) groups excluding carboxylic acids is 1. The molecule has 0 radical (unpaired) electrons. The average Bonchev–Trinajstić information content (AvgIpc) is 3.26. The normalized spacial score (nSPS) is 10.6. The summed E-state index contributed by atoms with van der Waals surface area (Å²) in [5, 5.41) is 3.28. The summed E-state index contributed by atoms with van der Waals surface area (Å²) in [6.45, 7) is 5.10. The van der Waals surface area contributed by atoms with Crippen LogP contribution in [0.3, 0.4) is 0 Å². The van der Waals surface area contributed by atoms with Crippen molar-refractivity contribution in [1.29, 1.82) is 0 Å². The van der Waals surface area contributed by atoms with Gasteiger partial charge in [-0.05, 0) is 31.5 Å². The fourth-order valence-electron chi connectivity index (χ4n) is 2.82. The van der Waals surface area contributed by atoms with Crippen LogP contribution in [0.4, 0.5) is 5.95 Å². The van der Waals surface area contributed by atoms with Gasteiger partial charge >= 0.3 is 5.97 Å². The van der Waals surface area contributed by atoms with Crippen molar-refractivity contribution in [2.24, 2.45) is 0 Å². The summed E-state index contributed by atoms with van der Waals surface area (Å²) >= 11 is 0. The molecule has 28 heavy (non-hydrogen) atoms. The van der Waals surface area contributed by atoms with E-state index in [0.717, 1.165) is 29.9 Å². The van der Waals surface area contributed by atoms with E-state index in [1.165, 1.54) is 19.0 Å². The maximum atomic E-state index is 12.1. The monoisotopic (exact) mass is 379 g/mol. The third-order valence-electron chi connectivity index (χ3n) is 4.24. The number of esters is 1. The minimum atomic E-state index is -0.394. The summed E-state index contributed by atoms with van der Waals surface area (Å²) in [5.41, 5.74) is 1.94. The van der Waals surface area contributed by atoms with Gasteiger partial charge in [0.25, 0.3) is 0 Å². The summed E-state index contributed by atoms with van der Waals surface area (Å²) in [6, 6.07) is 5.63. The fraction of sp³-hybridized carbons (Fsp3) is 0.333. The summed E-state index contributed by atoms with van der Waals surface area (Å²) in [5.74, 6) is 0.911. The lowest BCUT2D eigenvalue weighted by Gasteiger charge is -2.13. The molecule has 0 aliphatic heterocycles. The second-order valence-corrected chi connectivity index (χ2v) is 6.34. The van der Waals surface area contributed by atoms with Crippen LogP contribution in [0.25, 0.3) is 16.9 Å². The fourth-order valence-corrected chi connectivity index (χ4v) is 2.82. The molecule has 3 aromatic rings. The van der Waals surface area contributed by atoms with Crippen molar-refractivity contribution in [2.45, 2.75) is 33.1 Å². The predicted octanol–water partition coefficient (Wildman–Crippen LogP) is 4.11. The molecule has 3 aromatic heterocycles. The molecule has 0 amide bonds. The van der Waals surface area contributed by atoms with Crippen molar-refractivity contribution in [3.05, 3.63) is 54.7 Å². The van der Waals surface area contributed by atoms with E-state index in [0.29, 0.717) is 18.1 Å². The number of carbonyl (C=O) groups is 1. The summed E-state index contributed by atoms with van der Waals surface area (Å²) in [4.78, 5) is 25.4. The molecule has 0 atom stereocenters. The lowest BCUT2D eigenvalue weighted by Crippen LogP contribution is -2.09. The highest BCUT2D eigenvalue weighted by Crippen LogP contribution is 2.26. The average molecular weight is 379 g/mol. The molecule has 0 aromatic carbocycles. The van der Waals surface area contributed by atoms with E-state index in [4.69, 9.17) is 9.72 Å². The number of hydrogen-bond donors (Lipinski definition) is 1. The molecule has 0 saturated carbocycles. The van der Waals surface area contributed by atoms with Crippen LogP contribution in [0, 0.1) is 0 Å². The topological polar surface area (TPSA) is 81.9 Å². The Balaban J connectivity index is 1.94. The van der Waals surface area contributed by atoms with Crippen molar-refractivity contribution in [3.8, 4) is 16.9 Å². The number of pyridine rings is 1. The van der Waals surface area contributed by atoms with Crippen molar-refractivity contribution < 1.29 is 9.53 Å². The third-order valence-corrected chi connectivity index (χ3v) is 4.24. The molecule has 0 saturated heterocycles. The van der Waals surface area contributed by atoms with E-state index >= 15 is 0 Å². The Hall–Kier alpha value is -3.22. The predicted molar refractivity (Wildman–Crippen MR) is 109 cm³/mol. The first-order chi connectivity index (χ1) is 13.7. The first kappa shape index (κ1) is 19.5. The number of nitrogens with one attached hydrogen (secondary N) is 1. The molecular weight excluding hydrogens is 354 g/mol. The van der Waals surface area contributed by atoms with E-state index in [9.17, 15) is 4.79 Å². The number of nitrogens with zero attached hydrogens (tertiary/aromatic N) is 4. The summed E-state index contributed by atoms with van der Waals surface area (Å²) in [6.07, 6.45) is 12.2. The molecule has 7 nitrogen and oxygen atoms in total. The largest absolute Gasteiger partial charge is 0.462 e. The van der Waals surface area contributed by atoms with Gasteiger partial charge in [-0.15, -0.1) is 0 Å². The molecule has 0 unspecified atom stereocenters. The van der Waals surface area contributed by atoms with Crippen molar-refractivity contribution in [2.75, 3.05) is 18.5 Å². The van der Waals surface area contributed by atoms with Gasteiger partial charge in [0.1, 0.15) is 5.82 Å². The molecule has 0 bridgehead atoms. The lowest BCUT2D eigenvalue weighted by atomic mass is 10.1. The van der Waals surface area contributed by atoms with E-state index < -0.39 is 5.97 Å². The van der Waals surface area contributed by atoms with Gasteiger partial charge in [-0.1, -0.05) is 19.8 Å². The third kappa shape index (κ3) is 4.73. The Morgan fingerprint density at radius 3 is 2.71 bits per heavy atom. The molecule has 0 spiro atoms. The van der Waals surface area contributed by atoms with Gasteiger partial charge in [-0.25, -0.2) is 9.78 Å². The van der Waals surface area contributed by atoms with E-state index in [2.05, 4.69) is 22.2 Å². The Bertz CT molecular complexity index is 909. The molecule has 7 heteroatoms. The molecule has 146 valence electrons. The highest BCUT2D eigenvalue weighted by Gasteiger charge is 2.14. The first-order valence-corrected chi connectivity index (χ1v) is 9.59. The number of aromatic nitrogens is 4. The van der Waals surface area contributed by atoms with Crippen molar-refractivity contribution >= 4 is 11.9 Å². The molecule has 0 aliphatic rings. The SMILES string of the molecule is CCCCCNc1ncc(-c2cncc(C(=O)OCC)c2)c(-n2cccc2)n1. The van der Waals surface area contributed by atoms with Crippen LogP contribution < -0.4 is 5.32 Å². The number of hydrogen-bond acceptors (Lipinski definition) is 6. The van der Waals surface area contributed by atoms with Gasteiger partial charge in [0.2, 0.25) is 5.95 Å². The molecule has 3 heterocycles. The van der Waals surface area contributed by atoms with Crippen LogP contribution >= 0.6 is 0 Å². The lowest BCUT2D eigenvalue weighted by molar-refractivity contribution is 0.0526. The van der Waals surface area contributed by atoms with Crippen molar-refractivity contribution in [1.82, 2.24) is 19.5 Å². The van der Waals surface area contributed by atoms with Crippen LogP contribution in [-0.2, 0) is 4.74 Å². The molecular formula is C21H25N5O2. The summed E-state index contributed by atoms with van der Waals surface area (Å²) in [7, 11) is 0. The molecule has 3 rings (SSSR count). The van der Waals surface area contributed by atoms with E-state index in [-0.39, 0.29) is 0 Å². The highest BCUT2D eigenvalue weighted by atomic mass is 16.5. The first-order valence-electron chi connectivity index (χ1n) is 9.59. The number of anilines is 1. The van der Waals surface area contributed by atoms with Crippen LogP contribution in [0.2, 0.25) is 0 Å². The van der Waals surface area contributed by atoms with Gasteiger partial charge in [-0.3, -0.25) is 4.98 Å². The number of unbranched alkanes of at least 4 members (excludes halogenated alkanes) is 2. The zero-order valence-electron chi connectivity index (χ0n) is 16.3. The van der Waals surface area contributed by atoms with Crippen LogP contribution in [0.5, 0.6) is 0 Å². The van der Waals surface area contributed by atoms with Gasteiger partial charge in [0, 0.05) is 48.7 Å². The van der Waals surface area contributed by atoms with Gasteiger partial charge in [0.15, 0.2) is 0 Å². The zero-order valence-corrected chi connectivity index (χ0v) is 16.3. The standard InChI is InChI=1S/C21H25N5O2/c1-3-5-6-9-23-21-24-15-18(19(25-21)26-10-7-8-11-26)16-12-17(14-22-13-16)20(27)28-4-2/h7-8,10-15H,3-6,9H2,1-2H3,(H,23,24,25). The number of rotatable bonds is 9. The minimum absolute atomic E-state index is 0.319. The van der Waals surface area contributed by atoms with E-state index in [1.54, 1.807) is 25.4 Å². The Labute approximate surface area is 164 Å². The van der Waals surface area contributed by atoms with Crippen molar-refractivity contribution in [3.63, 3.8) is 0 Å². The number of ether oxygens (including phenoxy) is 1. The van der Waals surface area contributed by atoms with Crippen LogP contribution in [-0.4, -0.2) is 38.6 Å². The van der Waals surface area contributed by atoms with Gasteiger partial charge in [-0.2, -0.15) is 4.98 Å². The van der Waals surface area contributed by atoms with Gasteiger partial charge < -0.3 is 14.6 Å². The second-order valence-electron chi connectivity index (χ2n) is 6.34. The zero-order chi connectivity index (χ0) is 19.8.